The van der Waals surface area contributed by atoms with E-state index in [0.29, 0.717) is 0 Å². The first kappa shape index (κ1) is 22.7. The zero-order valence-electron chi connectivity index (χ0n) is 16.9. The van der Waals surface area contributed by atoms with Crippen LogP contribution >= 0.6 is 0 Å². The van der Waals surface area contributed by atoms with Crippen molar-refractivity contribution < 1.29 is 29.3 Å². The number of amides is 2. The van der Waals surface area contributed by atoms with Crippen molar-refractivity contribution in [2.75, 3.05) is 6.61 Å². The van der Waals surface area contributed by atoms with Gasteiger partial charge in [0.15, 0.2) is 0 Å². The van der Waals surface area contributed by atoms with Crippen LogP contribution in [-0.4, -0.2) is 46.7 Å². The molecule has 0 saturated carbocycles. The van der Waals surface area contributed by atoms with Crippen molar-refractivity contribution in [3.05, 3.63) is 59.7 Å². The van der Waals surface area contributed by atoms with Crippen LogP contribution in [0.4, 0.5) is 0 Å². The first-order valence-electron chi connectivity index (χ1n) is 9.58. The average molecular weight is 414 g/mol. The molecule has 30 heavy (non-hydrogen) atoms. The molecule has 0 aliphatic heterocycles. The van der Waals surface area contributed by atoms with Gasteiger partial charge < -0.3 is 25.6 Å². The summed E-state index contributed by atoms with van der Waals surface area (Å²) < 4.78 is 5.07. The number of nitrogens with one attached hydrogen (secondary N) is 2. The fourth-order valence-corrected chi connectivity index (χ4v) is 2.90. The number of benzene rings is 2. The molecule has 0 saturated heterocycles. The Kier molecular flexibility index (Phi) is 8.22. The summed E-state index contributed by atoms with van der Waals surface area (Å²) in [5, 5.41) is 24.1. The van der Waals surface area contributed by atoms with E-state index in [1.807, 2.05) is 0 Å². The Hall–Kier alpha value is -3.55. The number of hydrogen-bond acceptors (Lipinski definition) is 6. The van der Waals surface area contributed by atoms with E-state index in [0.717, 1.165) is 11.1 Å². The second kappa shape index (κ2) is 10.8. The standard InChI is InChI=1S/C22H26N2O6/c1-3-30-22(29)20(13-16-6-10-18(27)11-7-16)24-21(28)19(23-14(2)25)12-15-4-8-17(26)9-5-15/h4-11,19-20,26-27H,3,12-13H2,1-2H3,(H,23,25)(H,24,28)/t19-,20-/m0/s1. The van der Waals surface area contributed by atoms with Crippen LogP contribution in [0.1, 0.15) is 25.0 Å². The van der Waals surface area contributed by atoms with E-state index in [2.05, 4.69) is 10.6 Å². The van der Waals surface area contributed by atoms with Crippen molar-refractivity contribution in [2.24, 2.45) is 0 Å². The first-order valence-corrected chi connectivity index (χ1v) is 9.58. The van der Waals surface area contributed by atoms with Crippen molar-refractivity contribution >= 4 is 17.8 Å². The minimum absolute atomic E-state index is 0.0927. The minimum atomic E-state index is -0.960. The van der Waals surface area contributed by atoms with Crippen LogP contribution in [0.3, 0.4) is 0 Å². The highest BCUT2D eigenvalue weighted by molar-refractivity contribution is 5.90. The van der Waals surface area contributed by atoms with Gasteiger partial charge in [0.05, 0.1) is 6.61 Å². The third kappa shape index (κ3) is 7.12. The molecule has 4 N–H and O–H groups in total. The Morgan fingerprint density at radius 2 is 1.30 bits per heavy atom. The normalized spacial score (nSPS) is 12.5. The zero-order valence-corrected chi connectivity index (χ0v) is 16.9. The van der Waals surface area contributed by atoms with E-state index in [1.165, 1.54) is 31.2 Å². The van der Waals surface area contributed by atoms with Crippen LogP contribution < -0.4 is 10.6 Å². The van der Waals surface area contributed by atoms with Gasteiger partial charge in [0, 0.05) is 19.8 Å². The van der Waals surface area contributed by atoms with Crippen LogP contribution in [-0.2, 0) is 32.0 Å². The molecule has 2 aromatic rings. The number of esters is 1. The molecule has 160 valence electrons. The molecule has 0 aliphatic carbocycles. The first-order chi connectivity index (χ1) is 14.3. The van der Waals surface area contributed by atoms with E-state index in [-0.39, 0.29) is 36.9 Å². The molecule has 2 rings (SSSR count). The number of carbonyl (C=O) groups is 3. The summed E-state index contributed by atoms with van der Waals surface area (Å²) in [4.78, 5) is 36.9. The van der Waals surface area contributed by atoms with Crippen molar-refractivity contribution in [1.29, 1.82) is 0 Å². The van der Waals surface area contributed by atoms with Gasteiger partial charge in [0.2, 0.25) is 11.8 Å². The zero-order chi connectivity index (χ0) is 22.1. The third-order valence-corrected chi connectivity index (χ3v) is 4.33. The molecule has 0 aliphatic rings. The second-order valence-electron chi connectivity index (χ2n) is 6.81. The largest absolute Gasteiger partial charge is 0.508 e. The molecule has 8 heteroatoms. The Morgan fingerprint density at radius 3 is 1.73 bits per heavy atom. The lowest BCUT2D eigenvalue weighted by atomic mass is 10.0. The highest BCUT2D eigenvalue weighted by Crippen LogP contribution is 2.14. The molecule has 0 aromatic heterocycles. The van der Waals surface area contributed by atoms with E-state index in [1.54, 1.807) is 31.2 Å². The van der Waals surface area contributed by atoms with Gasteiger partial charge in [-0.15, -0.1) is 0 Å². The van der Waals surface area contributed by atoms with Gasteiger partial charge >= 0.3 is 5.97 Å². The number of rotatable bonds is 9. The van der Waals surface area contributed by atoms with Crippen LogP contribution in [0.15, 0.2) is 48.5 Å². The maximum absolute atomic E-state index is 12.9. The minimum Gasteiger partial charge on any atom is -0.508 e. The maximum Gasteiger partial charge on any atom is 0.328 e. The number of hydrogen-bond donors (Lipinski definition) is 4. The van der Waals surface area contributed by atoms with Crippen LogP contribution in [0.25, 0.3) is 0 Å². The predicted octanol–water partition coefficient (Wildman–Crippen LogP) is 1.44. The summed E-state index contributed by atoms with van der Waals surface area (Å²) in [6, 6.07) is 10.7. The second-order valence-corrected chi connectivity index (χ2v) is 6.81. The van der Waals surface area contributed by atoms with Gasteiger partial charge in [-0.1, -0.05) is 24.3 Å². The lowest BCUT2D eigenvalue weighted by Gasteiger charge is -2.22. The summed E-state index contributed by atoms with van der Waals surface area (Å²) in [6.07, 6.45) is 0.345. The number of phenols is 2. The average Bonchev–Trinajstić information content (AvgIpc) is 2.70. The molecule has 2 atom stereocenters. The molecule has 0 spiro atoms. The van der Waals surface area contributed by atoms with Gasteiger partial charge in [-0.2, -0.15) is 0 Å². The summed E-state index contributed by atoms with van der Waals surface area (Å²) >= 11 is 0. The lowest BCUT2D eigenvalue weighted by Crippen LogP contribution is -2.53. The van der Waals surface area contributed by atoms with E-state index in [9.17, 15) is 24.6 Å². The number of carbonyl (C=O) groups excluding carboxylic acids is 3. The Labute approximate surface area is 174 Å². The third-order valence-electron chi connectivity index (χ3n) is 4.33. The quantitative estimate of drug-likeness (QED) is 0.460. The topological polar surface area (TPSA) is 125 Å². The summed E-state index contributed by atoms with van der Waals surface area (Å²) in [6.45, 7) is 3.13. The highest BCUT2D eigenvalue weighted by Gasteiger charge is 2.27. The van der Waals surface area contributed by atoms with Crippen molar-refractivity contribution in [3.63, 3.8) is 0 Å². The molecular formula is C22H26N2O6. The van der Waals surface area contributed by atoms with Gasteiger partial charge in [0.1, 0.15) is 23.6 Å². The molecule has 0 radical (unpaired) electrons. The molecule has 0 heterocycles. The van der Waals surface area contributed by atoms with E-state index in [4.69, 9.17) is 4.74 Å². The van der Waals surface area contributed by atoms with Crippen LogP contribution in [0, 0.1) is 0 Å². The van der Waals surface area contributed by atoms with Crippen molar-refractivity contribution in [2.45, 2.75) is 38.8 Å². The van der Waals surface area contributed by atoms with Crippen LogP contribution in [0.5, 0.6) is 11.5 Å². The van der Waals surface area contributed by atoms with Gasteiger partial charge in [-0.25, -0.2) is 4.79 Å². The molecule has 2 amide bonds. The Morgan fingerprint density at radius 1 is 0.833 bits per heavy atom. The van der Waals surface area contributed by atoms with E-state index < -0.39 is 24.0 Å². The molecule has 0 bridgehead atoms. The SMILES string of the molecule is CCOC(=O)[C@H](Cc1ccc(O)cc1)NC(=O)[C@H](Cc1ccc(O)cc1)NC(C)=O. The monoisotopic (exact) mass is 414 g/mol. The molecule has 2 aromatic carbocycles. The predicted molar refractivity (Wildman–Crippen MR) is 110 cm³/mol. The van der Waals surface area contributed by atoms with Crippen LogP contribution in [0.2, 0.25) is 0 Å². The Bertz CT molecular complexity index is 864. The lowest BCUT2D eigenvalue weighted by molar-refractivity contribution is -0.147. The fraction of sp³-hybridized carbons (Fsp3) is 0.318. The van der Waals surface area contributed by atoms with E-state index >= 15 is 0 Å². The van der Waals surface area contributed by atoms with Gasteiger partial charge in [0.25, 0.3) is 0 Å². The molecule has 0 fully saturated rings. The highest BCUT2D eigenvalue weighted by atomic mass is 16.5. The molecular weight excluding hydrogens is 388 g/mol. The summed E-state index contributed by atoms with van der Waals surface area (Å²) in [5.74, 6) is -1.33. The molecule has 8 nitrogen and oxygen atoms in total. The molecule has 0 unspecified atom stereocenters. The van der Waals surface area contributed by atoms with Gasteiger partial charge in [-0.05, 0) is 42.3 Å². The Balaban J connectivity index is 2.17. The maximum atomic E-state index is 12.9. The summed E-state index contributed by atoms with van der Waals surface area (Å²) in [5.41, 5.74) is 1.45. The van der Waals surface area contributed by atoms with Crippen molar-refractivity contribution in [1.82, 2.24) is 10.6 Å². The smallest absolute Gasteiger partial charge is 0.328 e. The van der Waals surface area contributed by atoms with Gasteiger partial charge in [-0.3, -0.25) is 9.59 Å². The number of aromatic hydroxyl groups is 2. The van der Waals surface area contributed by atoms with Crippen molar-refractivity contribution in [3.8, 4) is 11.5 Å². The fourth-order valence-electron chi connectivity index (χ4n) is 2.90. The number of phenolic OH excluding ortho intramolecular Hbond substituents is 2. The number of ether oxygens (including phenoxy) is 1. The summed E-state index contributed by atoms with van der Waals surface area (Å²) in [7, 11) is 0.